The van der Waals surface area contributed by atoms with Gasteiger partial charge in [-0.2, -0.15) is 0 Å². The van der Waals surface area contributed by atoms with Crippen LogP contribution in [0.4, 0.5) is 0 Å². The number of H-pyrrole nitrogens is 1. The lowest BCUT2D eigenvalue weighted by Crippen LogP contribution is -2.58. The Kier molecular flexibility index (Phi) is 13.3. The predicted octanol–water partition coefficient (Wildman–Crippen LogP) is 6.32. The van der Waals surface area contributed by atoms with Crippen LogP contribution < -0.4 is 30.8 Å². The first kappa shape index (κ1) is 42.9. The number of rotatable bonds is 14. The molecule has 0 radical (unpaired) electrons. The molecule has 0 aliphatic carbocycles. The van der Waals surface area contributed by atoms with Gasteiger partial charge in [-0.05, 0) is 59.8 Å². The van der Waals surface area contributed by atoms with Crippen LogP contribution in [0.2, 0.25) is 0 Å². The molecule has 4 aromatic carbocycles. The van der Waals surface area contributed by atoms with E-state index in [1.807, 2.05) is 54.6 Å². The summed E-state index contributed by atoms with van der Waals surface area (Å²) in [5, 5.41) is 3.06. The van der Waals surface area contributed by atoms with E-state index < -0.39 is 36.0 Å². The lowest BCUT2D eigenvalue weighted by atomic mass is 9.75. The predicted molar refractivity (Wildman–Crippen MR) is 228 cm³/mol. The van der Waals surface area contributed by atoms with Gasteiger partial charge in [-0.3, -0.25) is 28.6 Å². The molecule has 0 bridgehead atoms. The fraction of sp³-hybridized carbons (Fsp3) is 0.341. The van der Waals surface area contributed by atoms with Crippen molar-refractivity contribution < 1.29 is 32.8 Å². The van der Waals surface area contributed by atoms with Gasteiger partial charge in [-0.15, -0.1) is 0 Å². The summed E-state index contributed by atoms with van der Waals surface area (Å²) >= 11 is 6.78. The molecule has 2 aliphatic rings. The number of aromatic nitrogens is 2. The van der Waals surface area contributed by atoms with Crippen LogP contribution in [0.5, 0.6) is 17.2 Å². The van der Waals surface area contributed by atoms with Crippen LogP contribution in [-0.4, -0.2) is 91.3 Å². The number of aromatic amines is 1. The van der Waals surface area contributed by atoms with Gasteiger partial charge in [0, 0.05) is 49.5 Å². The Balaban J connectivity index is 1.13. The Morgan fingerprint density at radius 2 is 1.38 bits per heavy atom. The maximum Gasteiger partial charge on any atom is 0.363 e. The number of carbonyl (C=O) groups excluding carboxylic acids is 1. The average molecular weight is 858 g/mol. The molecule has 1 aromatic heterocycles. The number of piperidine rings is 1. The Labute approximate surface area is 353 Å². The first-order valence-electron chi connectivity index (χ1n) is 19.7. The third-order valence-electron chi connectivity index (χ3n) is 11.1. The normalized spacial score (nSPS) is 18.9. The van der Waals surface area contributed by atoms with Crippen LogP contribution in [0.3, 0.4) is 0 Å². The maximum absolute atomic E-state index is 14.2. The van der Waals surface area contributed by atoms with Gasteiger partial charge in [-0.1, -0.05) is 91.0 Å². The van der Waals surface area contributed by atoms with Gasteiger partial charge in [0.15, 0.2) is 17.7 Å². The molecule has 2 N–H and O–H groups in total. The van der Waals surface area contributed by atoms with E-state index in [0.717, 1.165) is 16.7 Å². The molecule has 14 nitrogen and oxygen atoms in total. The van der Waals surface area contributed by atoms with Gasteiger partial charge in [-0.25, -0.2) is 9.46 Å². The first-order chi connectivity index (χ1) is 29.0. The van der Waals surface area contributed by atoms with Crippen LogP contribution >= 0.6 is 18.1 Å². The quantitative estimate of drug-likeness (QED) is 0.0954. The second kappa shape index (κ2) is 18.6. The number of carbonyl (C=O) groups is 1. The molecule has 316 valence electrons. The zero-order valence-corrected chi connectivity index (χ0v) is 35.6. The SMILES string of the molecule is COc1cc(C(=O)NC2CCN(P(=O)(Cl)OC[C@@H]3CN(C(c4ccccc4)(c4ccccc4)c4ccccc4)C[C@H](n4cc(C)c(=O)[nH]c4=O)O3)CC2)cc(OC)c1OC. The Morgan fingerprint density at radius 3 is 1.88 bits per heavy atom. The van der Waals surface area contributed by atoms with E-state index in [4.69, 9.17) is 34.7 Å². The molecule has 7 rings (SSSR count). The number of nitrogens with one attached hydrogen (secondary N) is 2. The van der Waals surface area contributed by atoms with Crippen molar-refractivity contribution >= 4 is 24.0 Å². The van der Waals surface area contributed by atoms with Crippen LogP contribution in [0.25, 0.3) is 0 Å². The van der Waals surface area contributed by atoms with Gasteiger partial charge < -0.3 is 28.8 Å². The summed E-state index contributed by atoms with van der Waals surface area (Å²) < 4.78 is 46.1. The molecule has 0 spiro atoms. The number of aryl methyl sites for hydroxylation is 1. The average Bonchev–Trinajstić information content (AvgIpc) is 3.28. The van der Waals surface area contributed by atoms with Crippen LogP contribution in [0.1, 0.15) is 51.7 Å². The number of morpholine rings is 1. The van der Waals surface area contributed by atoms with E-state index in [2.05, 4.69) is 51.6 Å². The summed E-state index contributed by atoms with van der Waals surface area (Å²) in [5.41, 5.74) is 1.64. The van der Waals surface area contributed by atoms with Gasteiger partial charge in [0.2, 0.25) is 5.75 Å². The lowest BCUT2D eigenvalue weighted by Gasteiger charge is -2.50. The summed E-state index contributed by atoms with van der Waals surface area (Å²) in [6, 6.07) is 33.3. The van der Waals surface area contributed by atoms with Crippen molar-refractivity contribution in [2.45, 2.75) is 43.7 Å². The summed E-state index contributed by atoms with van der Waals surface area (Å²) in [6.07, 6.45) is 0.813. The highest BCUT2D eigenvalue weighted by molar-refractivity contribution is 7.83. The van der Waals surface area contributed by atoms with Crippen molar-refractivity contribution in [3.05, 3.63) is 158 Å². The van der Waals surface area contributed by atoms with Gasteiger partial charge in [0.05, 0.1) is 39.6 Å². The molecule has 5 aromatic rings. The van der Waals surface area contributed by atoms with Crippen LogP contribution in [0, 0.1) is 6.92 Å². The molecule has 1 amide bonds. The molecule has 1 unspecified atom stereocenters. The molecule has 2 fully saturated rings. The number of benzene rings is 4. The Bertz CT molecular complexity index is 2310. The highest BCUT2D eigenvalue weighted by Crippen LogP contribution is 2.57. The molecule has 2 saturated heterocycles. The molecule has 3 atom stereocenters. The van der Waals surface area contributed by atoms with E-state index >= 15 is 0 Å². The number of halogens is 1. The fourth-order valence-corrected chi connectivity index (χ4v) is 10.1. The zero-order chi connectivity index (χ0) is 42.4. The third-order valence-corrected chi connectivity index (χ3v) is 13.6. The molecule has 0 saturated carbocycles. The second-order valence-corrected chi connectivity index (χ2v) is 17.8. The number of hydrogen-bond acceptors (Lipinski definition) is 10. The number of methoxy groups -OCH3 is 3. The summed E-state index contributed by atoms with van der Waals surface area (Å²) in [4.78, 5) is 43.9. The fourth-order valence-electron chi connectivity index (χ4n) is 8.21. The van der Waals surface area contributed by atoms with Crippen LogP contribution in [-0.2, 0) is 19.4 Å². The molecule has 16 heteroatoms. The van der Waals surface area contributed by atoms with E-state index in [-0.39, 0.29) is 31.6 Å². The number of hydrogen-bond donors (Lipinski definition) is 2. The third kappa shape index (κ3) is 8.81. The van der Waals surface area contributed by atoms with Crippen molar-refractivity contribution in [3.8, 4) is 17.2 Å². The largest absolute Gasteiger partial charge is 0.493 e. The summed E-state index contributed by atoms with van der Waals surface area (Å²) in [6.45, 7) is -1.33. The van der Waals surface area contributed by atoms with E-state index in [0.29, 0.717) is 54.3 Å². The van der Waals surface area contributed by atoms with Crippen molar-refractivity contribution in [1.82, 2.24) is 24.4 Å². The number of ether oxygens (including phenoxy) is 4. The second-order valence-electron chi connectivity index (χ2n) is 14.8. The minimum absolute atomic E-state index is 0.170. The maximum atomic E-state index is 14.2. The standard InChI is InChI=1S/C44H49ClN5O9P/c1-30-26-50(43(53)47-41(30)51)39-28-48(44(32-14-8-5-9-15-32,33-16-10-6-11-17-33)34-18-12-7-13-19-34)27-36(59-39)29-58-60(45,54)49-22-20-35(21-23-49)46-42(52)31-24-37(55-2)40(57-4)38(25-31)56-3/h5-19,24-26,35-36,39H,20-23,27-29H2,1-4H3,(H,46,52)(H,47,51,53)/t36-,39+,60?/m0/s1. The molecule has 3 heterocycles. The monoisotopic (exact) mass is 857 g/mol. The van der Waals surface area contributed by atoms with E-state index in [9.17, 15) is 18.9 Å². The minimum atomic E-state index is -3.90. The van der Waals surface area contributed by atoms with Gasteiger partial charge >= 0.3 is 12.6 Å². The van der Waals surface area contributed by atoms with Crippen LogP contribution in [0.15, 0.2) is 119 Å². The highest BCUT2D eigenvalue weighted by Gasteiger charge is 2.47. The zero-order valence-electron chi connectivity index (χ0n) is 33.9. The first-order valence-corrected chi connectivity index (χ1v) is 22.2. The smallest absolute Gasteiger partial charge is 0.363 e. The summed E-state index contributed by atoms with van der Waals surface area (Å²) in [7, 11) is 4.46. The molecular weight excluding hydrogens is 809 g/mol. The minimum Gasteiger partial charge on any atom is -0.493 e. The lowest BCUT2D eigenvalue weighted by molar-refractivity contribution is -0.148. The number of nitrogens with zero attached hydrogens (tertiary/aromatic N) is 3. The Hall–Kier alpha value is -5.21. The molecule has 2 aliphatic heterocycles. The van der Waals surface area contributed by atoms with Gasteiger partial charge in [0.1, 0.15) is 0 Å². The number of amides is 1. The topological polar surface area (TPSA) is 154 Å². The Morgan fingerprint density at radius 1 is 0.850 bits per heavy atom. The molecular formula is C44H49ClN5O9P. The van der Waals surface area contributed by atoms with Crippen molar-refractivity contribution in [2.24, 2.45) is 0 Å². The van der Waals surface area contributed by atoms with Gasteiger partial charge in [0.25, 0.3) is 11.5 Å². The summed E-state index contributed by atoms with van der Waals surface area (Å²) in [5.74, 6) is 0.786. The van der Waals surface area contributed by atoms with E-state index in [1.54, 1.807) is 23.7 Å². The van der Waals surface area contributed by atoms with E-state index in [1.165, 1.54) is 32.1 Å². The highest BCUT2D eigenvalue weighted by atomic mass is 35.7. The van der Waals surface area contributed by atoms with Crippen molar-refractivity contribution in [2.75, 3.05) is 54.1 Å². The molecule has 60 heavy (non-hydrogen) atoms. The van der Waals surface area contributed by atoms with Crippen molar-refractivity contribution in [1.29, 1.82) is 0 Å². The van der Waals surface area contributed by atoms with Crippen molar-refractivity contribution in [3.63, 3.8) is 0 Å².